The van der Waals surface area contributed by atoms with E-state index in [4.69, 9.17) is 0 Å². The normalized spacial score (nSPS) is 23.1. The maximum absolute atomic E-state index is 12.0. The predicted octanol–water partition coefficient (Wildman–Crippen LogP) is 3.07. The molecule has 0 N–H and O–H groups in total. The summed E-state index contributed by atoms with van der Waals surface area (Å²) in [5.41, 5.74) is 0. The lowest BCUT2D eigenvalue weighted by Crippen LogP contribution is -2.33. The highest BCUT2D eigenvalue weighted by molar-refractivity contribution is 5.78. The average Bonchev–Trinajstić information content (AvgIpc) is 2.73. The van der Waals surface area contributed by atoms with Crippen LogP contribution in [0.2, 0.25) is 0 Å². The molecule has 0 aliphatic carbocycles. The van der Waals surface area contributed by atoms with Crippen LogP contribution in [0.25, 0.3) is 0 Å². The fourth-order valence-corrected chi connectivity index (χ4v) is 2.31. The van der Waals surface area contributed by atoms with Gasteiger partial charge in [0.1, 0.15) is 0 Å². The van der Waals surface area contributed by atoms with Crippen molar-refractivity contribution in [3.05, 3.63) is 0 Å². The van der Waals surface area contributed by atoms with Gasteiger partial charge in [-0.1, -0.05) is 40.0 Å². The second-order valence-electron chi connectivity index (χ2n) is 4.89. The lowest BCUT2D eigenvalue weighted by molar-refractivity contribution is -0.134. The number of unbranched alkanes of at least 4 members (excludes halogenated alkanes) is 1. The van der Waals surface area contributed by atoms with Gasteiger partial charge in [0.05, 0.1) is 0 Å². The monoisotopic (exact) mass is 211 g/mol. The summed E-state index contributed by atoms with van der Waals surface area (Å²) in [6.07, 6.45) is 5.85. The van der Waals surface area contributed by atoms with Gasteiger partial charge in [-0.15, -0.1) is 0 Å². The molecule has 0 saturated carbocycles. The minimum absolute atomic E-state index is 0.237. The first kappa shape index (κ1) is 12.5. The minimum Gasteiger partial charge on any atom is -0.342 e. The minimum atomic E-state index is 0.237. The number of hydrogen-bond donors (Lipinski definition) is 0. The van der Waals surface area contributed by atoms with Crippen LogP contribution in [-0.4, -0.2) is 23.9 Å². The molecule has 1 saturated heterocycles. The van der Waals surface area contributed by atoms with Crippen molar-refractivity contribution < 1.29 is 4.79 Å². The maximum atomic E-state index is 12.0. The molecular weight excluding hydrogens is 186 g/mol. The summed E-state index contributed by atoms with van der Waals surface area (Å²) in [6.45, 7) is 8.48. The SMILES string of the molecule is CCCCC(C)C(=O)N1CCC(CC)C1. The Hall–Kier alpha value is -0.530. The topological polar surface area (TPSA) is 20.3 Å². The molecule has 0 bridgehead atoms. The third-order valence-electron chi connectivity index (χ3n) is 3.59. The summed E-state index contributed by atoms with van der Waals surface area (Å²) in [5.74, 6) is 1.38. The van der Waals surface area contributed by atoms with E-state index in [0.717, 1.165) is 25.4 Å². The molecule has 0 aromatic carbocycles. The largest absolute Gasteiger partial charge is 0.342 e. The smallest absolute Gasteiger partial charge is 0.225 e. The van der Waals surface area contributed by atoms with Gasteiger partial charge in [0.15, 0.2) is 0 Å². The van der Waals surface area contributed by atoms with E-state index < -0.39 is 0 Å². The standard InChI is InChI=1S/C13H25NO/c1-4-6-7-11(3)13(15)14-9-8-12(5-2)10-14/h11-12H,4-10H2,1-3H3. The molecule has 2 heteroatoms. The van der Waals surface area contributed by atoms with Gasteiger partial charge in [-0.2, -0.15) is 0 Å². The van der Waals surface area contributed by atoms with E-state index in [1.165, 1.54) is 25.7 Å². The molecule has 0 radical (unpaired) electrons. The molecule has 0 spiro atoms. The van der Waals surface area contributed by atoms with Crippen LogP contribution in [0.15, 0.2) is 0 Å². The summed E-state index contributed by atoms with van der Waals surface area (Å²) < 4.78 is 0. The van der Waals surface area contributed by atoms with Crippen molar-refractivity contribution in [3.8, 4) is 0 Å². The molecule has 1 rings (SSSR count). The Labute approximate surface area is 94.0 Å². The Morgan fingerprint density at radius 3 is 2.73 bits per heavy atom. The van der Waals surface area contributed by atoms with Crippen molar-refractivity contribution in [1.82, 2.24) is 4.90 Å². The van der Waals surface area contributed by atoms with Crippen molar-refractivity contribution in [1.29, 1.82) is 0 Å². The van der Waals surface area contributed by atoms with Crippen LogP contribution >= 0.6 is 0 Å². The van der Waals surface area contributed by atoms with E-state index in [0.29, 0.717) is 5.91 Å². The van der Waals surface area contributed by atoms with Gasteiger partial charge in [0, 0.05) is 19.0 Å². The van der Waals surface area contributed by atoms with E-state index in [2.05, 4.69) is 25.7 Å². The molecule has 0 aromatic heterocycles. The van der Waals surface area contributed by atoms with Gasteiger partial charge in [-0.3, -0.25) is 4.79 Å². The van der Waals surface area contributed by atoms with E-state index in [1.807, 2.05) is 0 Å². The Morgan fingerprint density at radius 2 is 2.20 bits per heavy atom. The third-order valence-corrected chi connectivity index (χ3v) is 3.59. The molecule has 1 aliphatic heterocycles. The van der Waals surface area contributed by atoms with Crippen LogP contribution in [-0.2, 0) is 4.79 Å². The first-order valence-electron chi connectivity index (χ1n) is 6.47. The molecule has 2 unspecified atom stereocenters. The van der Waals surface area contributed by atoms with Crippen molar-refractivity contribution in [3.63, 3.8) is 0 Å². The highest BCUT2D eigenvalue weighted by atomic mass is 16.2. The molecule has 88 valence electrons. The zero-order valence-corrected chi connectivity index (χ0v) is 10.5. The summed E-state index contributed by atoms with van der Waals surface area (Å²) in [4.78, 5) is 14.1. The number of nitrogens with zero attached hydrogens (tertiary/aromatic N) is 1. The van der Waals surface area contributed by atoms with Gasteiger partial charge in [-0.05, 0) is 18.8 Å². The van der Waals surface area contributed by atoms with Crippen LogP contribution in [0.3, 0.4) is 0 Å². The Bertz CT molecular complexity index is 203. The molecule has 15 heavy (non-hydrogen) atoms. The zero-order valence-electron chi connectivity index (χ0n) is 10.5. The number of hydrogen-bond acceptors (Lipinski definition) is 1. The lowest BCUT2D eigenvalue weighted by Gasteiger charge is -2.20. The summed E-state index contributed by atoms with van der Waals surface area (Å²) in [5, 5.41) is 0. The number of carbonyl (C=O) groups excluding carboxylic acids is 1. The second-order valence-corrected chi connectivity index (χ2v) is 4.89. The Kier molecular flexibility index (Phi) is 5.13. The number of amides is 1. The number of carbonyl (C=O) groups is 1. The van der Waals surface area contributed by atoms with Crippen LogP contribution in [0.5, 0.6) is 0 Å². The van der Waals surface area contributed by atoms with E-state index in [9.17, 15) is 4.79 Å². The molecule has 1 aliphatic rings. The second kappa shape index (κ2) is 6.14. The van der Waals surface area contributed by atoms with E-state index in [-0.39, 0.29) is 5.92 Å². The average molecular weight is 211 g/mol. The fourth-order valence-electron chi connectivity index (χ4n) is 2.31. The highest BCUT2D eigenvalue weighted by Gasteiger charge is 2.27. The van der Waals surface area contributed by atoms with E-state index in [1.54, 1.807) is 0 Å². The van der Waals surface area contributed by atoms with Gasteiger partial charge in [0.2, 0.25) is 5.91 Å². The number of likely N-dealkylation sites (tertiary alicyclic amines) is 1. The third kappa shape index (κ3) is 3.51. The van der Waals surface area contributed by atoms with Crippen LogP contribution in [0, 0.1) is 11.8 Å². The molecule has 1 heterocycles. The molecule has 0 aromatic rings. The van der Waals surface area contributed by atoms with Crippen LogP contribution in [0.1, 0.15) is 52.9 Å². The summed E-state index contributed by atoms with van der Waals surface area (Å²) in [7, 11) is 0. The van der Waals surface area contributed by atoms with Crippen molar-refractivity contribution in [2.45, 2.75) is 52.9 Å². The van der Waals surface area contributed by atoms with Gasteiger partial charge in [0.25, 0.3) is 0 Å². The molecule has 1 amide bonds. The quantitative estimate of drug-likeness (QED) is 0.684. The predicted molar refractivity (Wildman–Crippen MR) is 63.7 cm³/mol. The maximum Gasteiger partial charge on any atom is 0.225 e. The summed E-state index contributed by atoms with van der Waals surface area (Å²) in [6, 6.07) is 0. The lowest BCUT2D eigenvalue weighted by atomic mass is 10.0. The van der Waals surface area contributed by atoms with Gasteiger partial charge in [-0.25, -0.2) is 0 Å². The highest BCUT2D eigenvalue weighted by Crippen LogP contribution is 2.22. The molecular formula is C13H25NO. The molecule has 1 fully saturated rings. The van der Waals surface area contributed by atoms with Crippen molar-refractivity contribution in [2.24, 2.45) is 11.8 Å². The van der Waals surface area contributed by atoms with Crippen LogP contribution < -0.4 is 0 Å². The summed E-state index contributed by atoms with van der Waals surface area (Å²) >= 11 is 0. The first-order valence-corrected chi connectivity index (χ1v) is 6.47. The Balaban J connectivity index is 2.33. The fraction of sp³-hybridized carbons (Fsp3) is 0.923. The van der Waals surface area contributed by atoms with Gasteiger partial charge < -0.3 is 4.90 Å². The van der Waals surface area contributed by atoms with Crippen LogP contribution in [0.4, 0.5) is 0 Å². The number of rotatable bonds is 5. The van der Waals surface area contributed by atoms with Crippen molar-refractivity contribution in [2.75, 3.05) is 13.1 Å². The van der Waals surface area contributed by atoms with E-state index >= 15 is 0 Å². The van der Waals surface area contributed by atoms with Gasteiger partial charge >= 0.3 is 0 Å². The molecule has 2 atom stereocenters. The van der Waals surface area contributed by atoms with Crippen molar-refractivity contribution >= 4 is 5.91 Å². The molecule has 2 nitrogen and oxygen atoms in total. The zero-order chi connectivity index (χ0) is 11.3. The Morgan fingerprint density at radius 1 is 1.47 bits per heavy atom. The first-order chi connectivity index (χ1) is 7.19.